The molecule has 0 aliphatic carbocycles. The predicted molar refractivity (Wildman–Crippen MR) is 57.4 cm³/mol. The van der Waals surface area contributed by atoms with E-state index in [1.54, 1.807) is 0 Å². The molecular weight excluding hydrogens is 265 g/mol. The van der Waals surface area contributed by atoms with E-state index in [2.05, 4.69) is 0 Å². The summed E-state index contributed by atoms with van der Waals surface area (Å²) >= 11 is 0. The molecule has 1 aromatic carbocycles. The first-order valence-electron chi connectivity index (χ1n) is 5.59. The Morgan fingerprint density at radius 1 is 1.26 bits per heavy atom. The molecule has 1 heterocycles. The highest BCUT2D eigenvalue weighted by molar-refractivity contribution is 5.76. The molecule has 19 heavy (non-hydrogen) atoms. The van der Waals surface area contributed by atoms with E-state index in [0.29, 0.717) is 19.6 Å². The summed E-state index contributed by atoms with van der Waals surface area (Å²) in [6.07, 6.45) is -5.00. The van der Waals surface area contributed by atoms with Gasteiger partial charge in [0.2, 0.25) is 0 Å². The zero-order valence-corrected chi connectivity index (χ0v) is 9.77. The summed E-state index contributed by atoms with van der Waals surface area (Å²) in [6.45, 7) is 0.699. The van der Waals surface area contributed by atoms with Gasteiger partial charge < -0.3 is 14.2 Å². The van der Waals surface area contributed by atoms with Crippen LogP contribution in [0, 0.1) is 0 Å². The first-order chi connectivity index (χ1) is 8.97. The Kier molecular flexibility index (Phi) is 4.06. The van der Waals surface area contributed by atoms with Crippen LogP contribution in [0.4, 0.5) is 13.2 Å². The molecule has 0 bridgehead atoms. The van der Waals surface area contributed by atoms with Crippen LogP contribution >= 0.6 is 0 Å². The van der Waals surface area contributed by atoms with Crippen molar-refractivity contribution in [2.24, 2.45) is 0 Å². The van der Waals surface area contributed by atoms with Crippen molar-refractivity contribution in [1.29, 1.82) is 0 Å². The van der Waals surface area contributed by atoms with Gasteiger partial charge in [0, 0.05) is 0 Å². The quantitative estimate of drug-likeness (QED) is 0.614. The lowest BCUT2D eigenvalue weighted by molar-refractivity contribution is -0.202. The van der Waals surface area contributed by atoms with Gasteiger partial charge in [-0.15, -0.1) is 0 Å². The number of alkyl halides is 3. The van der Waals surface area contributed by atoms with Crippen molar-refractivity contribution in [1.82, 2.24) is 0 Å². The average Bonchev–Trinajstić information content (AvgIpc) is 2.39. The Morgan fingerprint density at radius 3 is 2.58 bits per heavy atom. The van der Waals surface area contributed by atoms with Crippen molar-refractivity contribution in [3.05, 3.63) is 29.8 Å². The number of ether oxygens (including phenoxy) is 3. The van der Waals surface area contributed by atoms with E-state index < -0.39 is 24.0 Å². The largest absolute Gasteiger partial charge is 0.423 e. The lowest BCUT2D eigenvalue weighted by Gasteiger charge is -2.21. The fourth-order valence-corrected chi connectivity index (χ4v) is 1.52. The standard InChI is InChI=1S/C12H11F3O4/c13-12(14,15)8-3-1-4-9(7-8)19-10(16)11-17-5-2-6-18-11/h1,3-4,7,11H,2,5-6H2. The Bertz CT molecular complexity index is 453. The predicted octanol–water partition coefficient (Wildman–Crippen LogP) is 2.37. The van der Waals surface area contributed by atoms with E-state index in [4.69, 9.17) is 14.2 Å². The normalized spacial score (nSPS) is 17.2. The Hall–Kier alpha value is -1.60. The zero-order chi connectivity index (χ0) is 13.9. The highest BCUT2D eigenvalue weighted by Gasteiger charge is 2.31. The molecule has 0 spiro atoms. The molecule has 0 amide bonds. The van der Waals surface area contributed by atoms with Gasteiger partial charge in [0.25, 0.3) is 6.29 Å². The molecule has 0 saturated carbocycles. The highest BCUT2D eigenvalue weighted by atomic mass is 19.4. The summed E-state index contributed by atoms with van der Waals surface area (Å²) in [7, 11) is 0. The molecule has 1 aliphatic rings. The Balaban J connectivity index is 2.04. The summed E-state index contributed by atoms with van der Waals surface area (Å²) in [5, 5.41) is 0. The van der Waals surface area contributed by atoms with E-state index in [-0.39, 0.29) is 5.75 Å². The van der Waals surface area contributed by atoms with Crippen molar-refractivity contribution in [3.8, 4) is 5.75 Å². The lowest BCUT2D eigenvalue weighted by Crippen LogP contribution is -2.35. The van der Waals surface area contributed by atoms with Gasteiger partial charge >= 0.3 is 12.1 Å². The van der Waals surface area contributed by atoms with Crippen molar-refractivity contribution in [2.75, 3.05) is 13.2 Å². The minimum Gasteiger partial charge on any atom is -0.423 e. The molecule has 7 heteroatoms. The van der Waals surface area contributed by atoms with Gasteiger partial charge in [-0.2, -0.15) is 13.2 Å². The van der Waals surface area contributed by atoms with Crippen molar-refractivity contribution in [2.45, 2.75) is 18.9 Å². The number of hydrogen-bond donors (Lipinski definition) is 0. The topological polar surface area (TPSA) is 44.8 Å². The number of rotatable bonds is 2. The van der Waals surface area contributed by atoms with Gasteiger partial charge in [-0.3, -0.25) is 0 Å². The number of halogens is 3. The third kappa shape index (κ3) is 3.68. The number of hydrogen-bond acceptors (Lipinski definition) is 4. The first-order valence-corrected chi connectivity index (χ1v) is 5.59. The molecule has 1 saturated heterocycles. The third-order valence-corrected chi connectivity index (χ3v) is 2.40. The molecule has 0 N–H and O–H groups in total. The average molecular weight is 276 g/mol. The van der Waals surface area contributed by atoms with Crippen LogP contribution in [0.25, 0.3) is 0 Å². The second-order valence-electron chi connectivity index (χ2n) is 3.87. The second kappa shape index (κ2) is 5.58. The fraction of sp³-hybridized carbons (Fsp3) is 0.417. The minimum atomic E-state index is -4.49. The van der Waals surface area contributed by atoms with Gasteiger partial charge in [-0.1, -0.05) is 6.07 Å². The molecule has 1 aliphatic heterocycles. The van der Waals surface area contributed by atoms with E-state index in [0.717, 1.165) is 18.2 Å². The summed E-state index contributed by atoms with van der Waals surface area (Å²) in [5.74, 6) is -1.06. The van der Waals surface area contributed by atoms with Gasteiger partial charge in [-0.05, 0) is 24.6 Å². The summed E-state index contributed by atoms with van der Waals surface area (Å²) in [5.41, 5.74) is -0.886. The molecule has 0 atom stereocenters. The summed E-state index contributed by atoms with van der Waals surface area (Å²) in [6, 6.07) is 4.07. The van der Waals surface area contributed by atoms with Gasteiger partial charge in [0.1, 0.15) is 5.75 Å². The van der Waals surface area contributed by atoms with Crippen LogP contribution in [-0.2, 0) is 20.4 Å². The Labute approximate surface area is 107 Å². The molecular formula is C12H11F3O4. The monoisotopic (exact) mass is 276 g/mol. The maximum absolute atomic E-state index is 12.5. The van der Waals surface area contributed by atoms with Crippen LogP contribution in [-0.4, -0.2) is 25.5 Å². The first kappa shape index (κ1) is 13.8. The Morgan fingerprint density at radius 2 is 1.95 bits per heavy atom. The molecule has 4 nitrogen and oxygen atoms in total. The van der Waals surface area contributed by atoms with E-state index >= 15 is 0 Å². The summed E-state index contributed by atoms with van der Waals surface area (Å²) < 4.78 is 52.2. The van der Waals surface area contributed by atoms with Crippen LogP contribution in [0.2, 0.25) is 0 Å². The van der Waals surface area contributed by atoms with E-state index in [1.807, 2.05) is 0 Å². The molecule has 0 aromatic heterocycles. The maximum atomic E-state index is 12.5. The number of carbonyl (C=O) groups excluding carboxylic acids is 1. The van der Waals surface area contributed by atoms with E-state index in [1.165, 1.54) is 6.07 Å². The van der Waals surface area contributed by atoms with Crippen molar-refractivity contribution in [3.63, 3.8) is 0 Å². The molecule has 1 aromatic rings. The third-order valence-electron chi connectivity index (χ3n) is 2.40. The second-order valence-corrected chi connectivity index (χ2v) is 3.87. The SMILES string of the molecule is O=C(Oc1cccc(C(F)(F)F)c1)C1OCCCO1. The number of carbonyl (C=O) groups is 1. The van der Waals surface area contributed by atoms with Crippen molar-refractivity contribution >= 4 is 5.97 Å². The van der Waals surface area contributed by atoms with Gasteiger partial charge in [0.15, 0.2) is 0 Å². The van der Waals surface area contributed by atoms with Crippen molar-refractivity contribution < 1.29 is 32.2 Å². The number of esters is 1. The molecule has 0 radical (unpaired) electrons. The molecule has 0 unspecified atom stereocenters. The fourth-order valence-electron chi connectivity index (χ4n) is 1.52. The van der Waals surface area contributed by atoms with E-state index in [9.17, 15) is 18.0 Å². The van der Waals surface area contributed by atoms with Crippen LogP contribution in [0.5, 0.6) is 5.75 Å². The van der Waals surface area contributed by atoms with Crippen LogP contribution in [0.15, 0.2) is 24.3 Å². The lowest BCUT2D eigenvalue weighted by atomic mass is 10.2. The minimum absolute atomic E-state index is 0.197. The van der Waals surface area contributed by atoms with Crippen LogP contribution in [0.1, 0.15) is 12.0 Å². The van der Waals surface area contributed by atoms with Crippen LogP contribution < -0.4 is 4.74 Å². The molecule has 2 rings (SSSR count). The smallest absolute Gasteiger partial charge is 0.416 e. The maximum Gasteiger partial charge on any atom is 0.416 e. The molecule has 1 fully saturated rings. The number of benzene rings is 1. The zero-order valence-electron chi connectivity index (χ0n) is 9.77. The van der Waals surface area contributed by atoms with Crippen LogP contribution in [0.3, 0.4) is 0 Å². The highest BCUT2D eigenvalue weighted by Crippen LogP contribution is 2.31. The molecule has 104 valence electrons. The van der Waals surface area contributed by atoms with Gasteiger partial charge in [-0.25, -0.2) is 4.79 Å². The summed E-state index contributed by atoms with van der Waals surface area (Å²) in [4.78, 5) is 11.6. The van der Waals surface area contributed by atoms with Gasteiger partial charge in [0.05, 0.1) is 18.8 Å².